The van der Waals surface area contributed by atoms with Crippen molar-refractivity contribution >= 4 is 15.9 Å². The van der Waals surface area contributed by atoms with Crippen LogP contribution in [0.5, 0.6) is 0 Å². The number of hydrogen-bond donors (Lipinski definition) is 1. The monoisotopic (exact) mass is 391 g/mol. The molecular formula is C19H19F2N3O2S. The molecule has 2 N–H and O–H groups in total. The largest absolute Gasteiger partial charge is 0.383 e. The third-order valence-corrected chi connectivity index (χ3v) is 6.96. The Labute approximate surface area is 156 Å². The quantitative estimate of drug-likeness (QED) is 0.874. The zero-order valence-electron chi connectivity index (χ0n) is 15.0. The summed E-state index contributed by atoms with van der Waals surface area (Å²) in [6.07, 6.45) is 0. The molecule has 2 aromatic carbocycles. The average Bonchev–Trinajstić information content (AvgIpc) is 2.95. The molecule has 2 heterocycles. The molecule has 8 heteroatoms. The first kappa shape index (κ1) is 18.1. The molecule has 0 spiro atoms. The van der Waals surface area contributed by atoms with Crippen molar-refractivity contribution in [2.24, 2.45) is 10.7 Å². The molecule has 0 atom stereocenters. The lowest BCUT2D eigenvalue weighted by Gasteiger charge is -2.37. The number of nitrogens with two attached hydrogens (primary N) is 1. The lowest BCUT2D eigenvalue weighted by Crippen LogP contribution is -2.58. The molecule has 142 valence electrons. The predicted molar refractivity (Wildman–Crippen MR) is 99.5 cm³/mol. The molecule has 1 saturated heterocycles. The molecule has 0 saturated carbocycles. The fraction of sp³-hybridized carbons (Fsp3) is 0.316. The van der Waals surface area contributed by atoms with Gasteiger partial charge in [-0.15, -0.1) is 0 Å². The Balaban J connectivity index is 1.72. The number of fused-ring (bicyclic) bond motifs is 1. The van der Waals surface area contributed by atoms with E-state index in [-0.39, 0.29) is 4.90 Å². The summed E-state index contributed by atoms with van der Waals surface area (Å²) in [6, 6.07) is 8.68. The first-order valence-corrected chi connectivity index (χ1v) is 9.96. The lowest BCUT2D eigenvalue weighted by molar-refractivity contribution is -0.0945. The van der Waals surface area contributed by atoms with Crippen LogP contribution in [0.4, 0.5) is 8.78 Å². The van der Waals surface area contributed by atoms with E-state index in [1.54, 1.807) is 6.07 Å². The Kier molecular flexibility index (Phi) is 3.91. The maximum Gasteiger partial charge on any atom is 0.275 e. The van der Waals surface area contributed by atoms with Crippen LogP contribution in [0.25, 0.3) is 11.1 Å². The summed E-state index contributed by atoms with van der Waals surface area (Å²) in [4.78, 5) is 4.29. The second-order valence-electron chi connectivity index (χ2n) is 7.08. The van der Waals surface area contributed by atoms with E-state index >= 15 is 0 Å². The van der Waals surface area contributed by atoms with Gasteiger partial charge in [0.2, 0.25) is 10.0 Å². The highest BCUT2D eigenvalue weighted by molar-refractivity contribution is 7.89. The van der Waals surface area contributed by atoms with Gasteiger partial charge < -0.3 is 5.73 Å². The number of nitrogens with zero attached hydrogens (tertiary/aromatic N) is 2. The Morgan fingerprint density at radius 3 is 2.41 bits per heavy atom. The molecule has 0 radical (unpaired) electrons. The SMILES string of the molecule is Cc1cc(S(=O)(=O)N2CC(F)(F)C2)ccc1-c1ccc2c(c1C)C(N)=NC2. The predicted octanol–water partition coefficient (Wildman–Crippen LogP) is 2.83. The molecule has 2 aliphatic heterocycles. The summed E-state index contributed by atoms with van der Waals surface area (Å²) >= 11 is 0. The van der Waals surface area contributed by atoms with E-state index in [4.69, 9.17) is 5.73 Å². The van der Waals surface area contributed by atoms with Crippen LogP contribution in [0.15, 0.2) is 40.2 Å². The molecular weight excluding hydrogens is 372 g/mol. The van der Waals surface area contributed by atoms with Gasteiger partial charge in [0.25, 0.3) is 5.92 Å². The summed E-state index contributed by atoms with van der Waals surface area (Å²) in [5, 5.41) is 0. The lowest BCUT2D eigenvalue weighted by atomic mass is 9.91. The van der Waals surface area contributed by atoms with Gasteiger partial charge in [0.05, 0.1) is 24.5 Å². The summed E-state index contributed by atoms with van der Waals surface area (Å²) in [5.41, 5.74) is 11.6. The van der Waals surface area contributed by atoms with Crippen LogP contribution in [0.2, 0.25) is 0 Å². The van der Waals surface area contributed by atoms with Crippen molar-refractivity contribution in [2.45, 2.75) is 31.2 Å². The molecule has 0 aliphatic carbocycles. The smallest absolute Gasteiger partial charge is 0.275 e. The van der Waals surface area contributed by atoms with Gasteiger partial charge >= 0.3 is 0 Å². The second-order valence-corrected chi connectivity index (χ2v) is 9.02. The van der Waals surface area contributed by atoms with E-state index in [0.29, 0.717) is 12.4 Å². The van der Waals surface area contributed by atoms with Gasteiger partial charge in [0, 0.05) is 5.56 Å². The van der Waals surface area contributed by atoms with Crippen LogP contribution in [0.1, 0.15) is 22.3 Å². The second kappa shape index (κ2) is 5.84. The van der Waals surface area contributed by atoms with E-state index in [1.807, 2.05) is 26.0 Å². The maximum atomic E-state index is 13.1. The molecule has 27 heavy (non-hydrogen) atoms. The third-order valence-electron chi connectivity index (χ3n) is 5.17. The highest BCUT2D eigenvalue weighted by Crippen LogP contribution is 2.36. The fourth-order valence-corrected chi connectivity index (χ4v) is 5.27. The standard InChI is InChI=1S/C19H19F2N3O2S/c1-11-7-14(27(25,26)24-9-19(20,21)10-24)4-6-15(11)16-5-3-13-8-23-18(22)17(13)12(16)2/h3-7H,8-10H2,1-2H3,(H2,22,23). The summed E-state index contributed by atoms with van der Waals surface area (Å²) in [6.45, 7) is 2.81. The average molecular weight is 391 g/mol. The van der Waals surface area contributed by atoms with Crippen molar-refractivity contribution in [2.75, 3.05) is 13.1 Å². The first-order valence-electron chi connectivity index (χ1n) is 8.52. The van der Waals surface area contributed by atoms with Gasteiger partial charge in [-0.05, 0) is 53.8 Å². The van der Waals surface area contributed by atoms with Crippen molar-refractivity contribution in [1.29, 1.82) is 0 Å². The summed E-state index contributed by atoms with van der Waals surface area (Å²) in [5.74, 6) is -2.43. The van der Waals surface area contributed by atoms with Crippen LogP contribution in [0, 0.1) is 13.8 Å². The van der Waals surface area contributed by atoms with Crippen LogP contribution in [-0.4, -0.2) is 37.6 Å². The molecule has 4 rings (SSSR count). The fourth-order valence-electron chi connectivity index (χ4n) is 3.68. The highest BCUT2D eigenvalue weighted by atomic mass is 32.2. The Bertz CT molecular complexity index is 1090. The highest BCUT2D eigenvalue weighted by Gasteiger charge is 2.49. The normalized spacial score (nSPS) is 18.7. The topological polar surface area (TPSA) is 75.8 Å². The number of aliphatic imine (C=N–C) groups is 1. The molecule has 0 amide bonds. The molecule has 5 nitrogen and oxygen atoms in total. The van der Waals surface area contributed by atoms with Gasteiger partial charge in [0.15, 0.2) is 0 Å². The number of benzene rings is 2. The maximum absolute atomic E-state index is 13.1. The minimum Gasteiger partial charge on any atom is -0.383 e. The molecule has 0 unspecified atom stereocenters. The molecule has 0 bridgehead atoms. The number of aryl methyl sites for hydroxylation is 1. The van der Waals surface area contributed by atoms with Crippen molar-refractivity contribution in [3.8, 4) is 11.1 Å². The Hall–Kier alpha value is -2.32. The van der Waals surface area contributed by atoms with Crippen LogP contribution in [-0.2, 0) is 16.6 Å². The van der Waals surface area contributed by atoms with Gasteiger partial charge in [0.1, 0.15) is 5.84 Å². The summed E-state index contributed by atoms with van der Waals surface area (Å²) < 4.78 is 52.0. The number of amidine groups is 1. The van der Waals surface area contributed by atoms with Crippen LogP contribution in [0.3, 0.4) is 0 Å². The van der Waals surface area contributed by atoms with Crippen molar-refractivity contribution in [1.82, 2.24) is 4.31 Å². The van der Waals surface area contributed by atoms with Crippen molar-refractivity contribution in [3.05, 3.63) is 52.6 Å². The number of sulfonamides is 1. The Morgan fingerprint density at radius 1 is 1.11 bits per heavy atom. The van der Waals surface area contributed by atoms with E-state index in [2.05, 4.69) is 4.99 Å². The van der Waals surface area contributed by atoms with Crippen molar-refractivity contribution in [3.63, 3.8) is 0 Å². The number of rotatable bonds is 3. The van der Waals surface area contributed by atoms with Gasteiger partial charge in [-0.25, -0.2) is 17.2 Å². The van der Waals surface area contributed by atoms with Crippen LogP contribution >= 0.6 is 0 Å². The molecule has 2 aliphatic rings. The van der Waals surface area contributed by atoms with E-state index in [1.165, 1.54) is 12.1 Å². The number of hydrogen-bond acceptors (Lipinski definition) is 4. The Morgan fingerprint density at radius 2 is 1.78 bits per heavy atom. The van der Waals surface area contributed by atoms with Crippen LogP contribution < -0.4 is 5.73 Å². The minimum atomic E-state index is -3.91. The van der Waals surface area contributed by atoms with E-state index in [9.17, 15) is 17.2 Å². The van der Waals surface area contributed by atoms with Crippen molar-refractivity contribution < 1.29 is 17.2 Å². The van der Waals surface area contributed by atoms with E-state index in [0.717, 1.165) is 37.7 Å². The minimum absolute atomic E-state index is 0.0270. The van der Waals surface area contributed by atoms with Gasteiger partial charge in [-0.3, -0.25) is 4.99 Å². The number of alkyl halides is 2. The molecule has 0 aromatic heterocycles. The molecule has 1 fully saturated rings. The zero-order chi connectivity index (χ0) is 19.6. The van der Waals surface area contributed by atoms with Gasteiger partial charge in [-0.2, -0.15) is 4.31 Å². The van der Waals surface area contributed by atoms with E-state index < -0.39 is 29.0 Å². The zero-order valence-corrected chi connectivity index (χ0v) is 15.8. The first-order chi connectivity index (χ1) is 12.6. The number of halogens is 2. The third kappa shape index (κ3) is 2.83. The van der Waals surface area contributed by atoms with Gasteiger partial charge in [-0.1, -0.05) is 18.2 Å². The molecule has 2 aromatic rings. The summed E-state index contributed by atoms with van der Waals surface area (Å²) in [7, 11) is -3.91.